The summed E-state index contributed by atoms with van der Waals surface area (Å²) in [5, 5.41) is 9.94. The molecule has 6 heteroatoms. The highest BCUT2D eigenvalue weighted by Crippen LogP contribution is 2.28. The fraction of sp³-hybridized carbons (Fsp3) is 0.600. The predicted molar refractivity (Wildman–Crippen MR) is 82.9 cm³/mol. The third-order valence-electron chi connectivity index (χ3n) is 3.87. The van der Waals surface area contributed by atoms with E-state index in [0.717, 1.165) is 19.5 Å². The van der Waals surface area contributed by atoms with E-state index in [1.54, 1.807) is 17.1 Å². The van der Waals surface area contributed by atoms with Crippen molar-refractivity contribution in [2.24, 2.45) is 5.41 Å². The van der Waals surface area contributed by atoms with Crippen LogP contribution in [0.4, 0.5) is 10.5 Å². The normalized spacial score (nSPS) is 21.5. The van der Waals surface area contributed by atoms with Crippen molar-refractivity contribution >= 4 is 11.7 Å². The Morgan fingerprint density at radius 1 is 1.62 bits per heavy atom. The molecule has 6 nitrogen and oxygen atoms in total. The summed E-state index contributed by atoms with van der Waals surface area (Å²) in [6.45, 7) is 6.72. The van der Waals surface area contributed by atoms with Gasteiger partial charge in [0.1, 0.15) is 6.54 Å². The number of nitrogens with zero attached hydrogens (tertiary/aromatic N) is 3. The first kappa shape index (κ1) is 15.4. The van der Waals surface area contributed by atoms with Crippen molar-refractivity contribution in [1.82, 2.24) is 20.0 Å². The molecule has 0 aliphatic carbocycles. The van der Waals surface area contributed by atoms with Gasteiger partial charge in [0.25, 0.3) is 0 Å². The standard InChI is InChI=1S/C15H23N5O/c1-5-7-20-10-12(9-16-20)17-14(21)18-13-6-8-19(4)11-15(13,2)3/h1,9-10,13H,6-8,11H2,2-4H3,(H2,17,18,21). The molecule has 1 unspecified atom stereocenters. The van der Waals surface area contributed by atoms with Crippen molar-refractivity contribution in [3.05, 3.63) is 12.4 Å². The maximum atomic E-state index is 12.1. The number of anilines is 1. The van der Waals surface area contributed by atoms with Gasteiger partial charge < -0.3 is 15.5 Å². The molecule has 1 fully saturated rings. The van der Waals surface area contributed by atoms with Gasteiger partial charge in [0, 0.05) is 18.8 Å². The van der Waals surface area contributed by atoms with Gasteiger partial charge in [0.05, 0.1) is 11.9 Å². The lowest BCUT2D eigenvalue weighted by Crippen LogP contribution is -2.55. The molecule has 0 radical (unpaired) electrons. The SMILES string of the molecule is C#CCn1cc(NC(=O)NC2CCN(C)CC2(C)C)cn1. The third-order valence-corrected chi connectivity index (χ3v) is 3.87. The van der Waals surface area contributed by atoms with Crippen molar-refractivity contribution in [2.75, 3.05) is 25.5 Å². The first-order chi connectivity index (χ1) is 9.90. The highest BCUT2D eigenvalue weighted by molar-refractivity contribution is 5.89. The van der Waals surface area contributed by atoms with Gasteiger partial charge in [-0.3, -0.25) is 4.68 Å². The number of rotatable bonds is 3. The maximum absolute atomic E-state index is 12.1. The number of urea groups is 1. The predicted octanol–water partition coefficient (Wildman–Crippen LogP) is 1.37. The van der Waals surface area contributed by atoms with E-state index < -0.39 is 0 Å². The molecular formula is C15H23N5O. The minimum atomic E-state index is -0.196. The Balaban J connectivity index is 1.90. The summed E-state index contributed by atoms with van der Waals surface area (Å²) >= 11 is 0. The first-order valence-electron chi connectivity index (χ1n) is 7.13. The number of terminal acetylenes is 1. The minimum absolute atomic E-state index is 0.0536. The molecule has 1 saturated heterocycles. The smallest absolute Gasteiger partial charge is 0.319 e. The molecule has 1 aliphatic rings. The number of amides is 2. The van der Waals surface area contributed by atoms with Crippen LogP contribution in [0.5, 0.6) is 0 Å². The van der Waals surface area contributed by atoms with E-state index in [2.05, 4.69) is 47.4 Å². The van der Waals surface area contributed by atoms with Crippen LogP contribution in [0.3, 0.4) is 0 Å². The van der Waals surface area contributed by atoms with E-state index in [9.17, 15) is 4.79 Å². The van der Waals surface area contributed by atoms with Gasteiger partial charge in [-0.25, -0.2) is 4.79 Å². The Kier molecular flexibility index (Phi) is 4.53. The third kappa shape index (κ3) is 3.99. The van der Waals surface area contributed by atoms with Gasteiger partial charge >= 0.3 is 6.03 Å². The average Bonchev–Trinajstić information content (AvgIpc) is 2.80. The Hall–Kier alpha value is -2.00. The molecule has 0 bridgehead atoms. The highest BCUT2D eigenvalue weighted by atomic mass is 16.2. The zero-order valence-corrected chi connectivity index (χ0v) is 12.9. The van der Waals surface area contributed by atoms with Gasteiger partial charge in [0.2, 0.25) is 0 Å². The second-order valence-corrected chi connectivity index (χ2v) is 6.30. The second kappa shape index (κ2) is 6.19. The van der Waals surface area contributed by atoms with Gasteiger partial charge in [-0.05, 0) is 25.4 Å². The molecule has 1 aromatic heterocycles. The van der Waals surface area contributed by atoms with Gasteiger partial charge in [-0.2, -0.15) is 5.10 Å². The molecule has 1 atom stereocenters. The largest absolute Gasteiger partial charge is 0.334 e. The van der Waals surface area contributed by atoms with E-state index in [1.807, 2.05) is 0 Å². The van der Waals surface area contributed by atoms with Crippen LogP contribution in [0.15, 0.2) is 12.4 Å². The number of piperidine rings is 1. The highest BCUT2D eigenvalue weighted by Gasteiger charge is 2.35. The lowest BCUT2D eigenvalue weighted by Gasteiger charge is -2.43. The van der Waals surface area contributed by atoms with Crippen molar-refractivity contribution in [2.45, 2.75) is 32.9 Å². The molecule has 0 saturated carbocycles. The fourth-order valence-corrected chi connectivity index (χ4v) is 2.83. The lowest BCUT2D eigenvalue weighted by atomic mass is 9.79. The van der Waals surface area contributed by atoms with Gasteiger partial charge in [-0.15, -0.1) is 6.42 Å². The topological polar surface area (TPSA) is 62.2 Å². The molecule has 2 rings (SSSR count). The zero-order valence-electron chi connectivity index (χ0n) is 12.9. The lowest BCUT2D eigenvalue weighted by molar-refractivity contribution is 0.102. The van der Waals surface area contributed by atoms with Crippen LogP contribution >= 0.6 is 0 Å². The van der Waals surface area contributed by atoms with Crippen LogP contribution in [-0.4, -0.2) is 46.9 Å². The Labute approximate surface area is 125 Å². The van der Waals surface area contributed by atoms with Crippen LogP contribution in [0.25, 0.3) is 0 Å². The zero-order chi connectivity index (χ0) is 15.5. The molecule has 2 N–H and O–H groups in total. The number of aromatic nitrogens is 2. The molecule has 2 amide bonds. The van der Waals surface area contributed by atoms with E-state index in [0.29, 0.717) is 12.2 Å². The first-order valence-corrected chi connectivity index (χ1v) is 7.13. The Bertz CT molecular complexity index is 543. The van der Waals surface area contributed by atoms with E-state index in [-0.39, 0.29) is 17.5 Å². The average molecular weight is 289 g/mol. The number of carbonyl (C=O) groups is 1. The molecule has 0 aromatic carbocycles. The van der Waals surface area contributed by atoms with Crippen molar-refractivity contribution in [1.29, 1.82) is 0 Å². The summed E-state index contributed by atoms with van der Waals surface area (Å²) in [6, 6.07) is -0.0349. The van der Waals surface area contributed by atoms with E-state index in [1.165, 1.54) is 0 Å². The van der Waals surface area contributed by atoms with E-state index >= 15 is 0 Å². The van der Waals surface area contributed by atoms with Crippen LogP contribution in [0, 0.1) is 17.8 Å². The summed E-state index contributed by atoms with van der Waals surface area (Å²) in [6.07, 6.45) is 9.49. The summed E-state index contributed by atoms with van der Waals surface area (Å²) in [5.74, 6) is 2.50. The van der Waals surface area contributed by atoms with Crippen LogP contribution in [0.2, 0.25) is 0 Å². The van der Waals surface area contributed by atoms with Crippen LogP contribution < -0.4 is 10.6 Å². The number of likely N-dealkylation sites (tertiary alicyclic amines) is 1. The fourth-order valence-electron chi connectivity index (χ4n) is 2.83. The number of hydrogen-bond acceptors (Lipinski definition) is 3. The second-order valence-electron chi connectivity index (χ2n) is 6.30. The molecule has 21 heavy (non-hydrogen) atoms. The minimum Gasteiger partial charge on any atom is -0.334 e. The Morgan fingerprint density at radius 3 is 3.05 bits per heavy atom. The maximum Gasteiger partial charge on any atom is 0.319 e. The molecule has 2 heterocycles. The molecule has 0 spiro atoms. The number of hydrogen-bond donors (Lipinski definition) is 2. The summed E-state index contributed by atoms with van der Waals surface area (Å²) in [5.41, 5.74) is 0.700. The quantitative estimate of drug-likeness (QED) is 0.826. The van der Waals surface area contributed by atoms with Crippen molar-refractivity contribution < 1.29 is 4.79 Å². The Morgan fingerprint density at radius 2 is 2.38 bits per heavy atom. The summed E-state index contributed by atoms with van der Waals surface area (Å²) in [4.78, 5) is 14.4. The molecule has 114 valence electrons. The number of carbonyl (C=O) groups excluding carboxylic acids is 1. The molecular weight excluding hydrogens is 266 g/mol. The monoisotopic (exact) mass is 289 g/mol. The van der Waals surface area contributed by atoms with Gasteiger partial charge in [0.15, 0.2) is 0 Å². The molecule has 1 aromatic rings. The van der Waals surface area contributed by atoms with Crippen LogP contribution in [-0.2, 0) is 6.54 Å². The molecule has 1 aliphatic heterocycles. The van der Waals surface area contributed by atoms with Crippen LogP contribution in [0.1, 0.15) is 20.3 Å². The number of nitrogens with one attached hydrogen (secondary N) is 2. The van der Waals surface area contributed by atoms with E-state index in [4.69, 9.17) is 6.42 Å². The van der Waals surface area contributed by atoms with Crippen molar-refractivity contribution in [3.8, 4) is 12.3 Å². The van der Waals surface area contributed by atoms with Gasteiger partial charge in [-0.1, -0.05) is 19.8 Å². The summed E-state index contributed by atoms with van der Waals surface area (Å²) < 4.78 is 1.61. The van der Waals surface area contributed by atoms with Crippen molar-refractivity contribution in [3.63, 3.8) is 0 Å². The summed E-state index contributed by atoms with van der Waals surface area (Å²) in [7, 11) is 2.11.